The van der Waals surface area contributed by atoms with Crippen LogP contribution in [0.3, 0.4) is 0 Å². The van der Waals surface area contributed by atoms with Crippen molar-refractivity contribution in [3.8, 4) is 12.3 Å². The Morgan fingerprint density at radius 2 is 1.97 bits per heavy atom. The highest BCUT2D eigenvalue weighted by Gasteiger charge is 2.29. The molecule has 2 aromatic heterocycles. The van der Waals surface area contributed by atoms with Crippen LogP contribution in [0, 0.1) is 18.4 Å². The van der Waals surface area contributed by atoms with Gasteiger partial charge < -0.3 is 19.8 Å². The van der Waals surface area contributed by atoms with Crippen molar-refractivity contribution in [1.29, 1.82) is 0 Å². The molecule has 0 bridgehead atoms. The van der Waals surface area contributed by atoms with E-state index in [9.17, 15) is 9.18 Å². The number of halogens is 1. The zero-order valence-corrected chi connectivity index (χ0v) is 18.4. The van der Waals surface area contributed by atoms with E-state index in [1.165, 1.54) is 39.1 Å². The Morgan fingerprint density at radius 1 is 1.26 bits per heavy atom. The maximum Gasteiger partial charge on any atom is 0.312 e. The summed E-state index contributed by atoms with van der Waals surface area (Å²) in [6.07, 6.45) is 14.8. The zero-order valence-electron chi connectivity index (χ0n) is 18.4. The Bertz CT molecular complexity index is 895. The predicted molar refractivity (Wildman–Crippen MR) is 116 cm³/mol. The molecule has 0 aliphatic heterocycles. The number of hydrogen-bond acceptors (Lipinski definition) is 7. The van der Waals surface area contributed by atoms with Gasteiger partial charge in [-0.1, -0.05) is 51.4 Å². The van der Waals surface area contributed by atoms with Gasteiger partial charge in [0.2, 0.25) is 0 Å². The number of rotatable bonds is 14. The summed E-state index contributed by atoms with van der Waals surface area (Å²) in [5.74, 6) is 2.26. The number of ether oxygens (including phenoxy) is 2. The highest BCUT2D eigenvalue weighted by atomic mass is 19.1. The number of carbonyl (C=O) groups is 1. The molecule has 0 aromatic carbocycles. The first kappa shape index (κ1) is 24.5. The minimum atomic E-state index is -1.11. The van der Waals surface area contributed by atoms with Gasteiger partial charge >= 0.3 is 12.0 Å². The molecule has 0 fully saturated rings. The van der Waals surface area contributed by atoms with Crippen molar-refractivity contribution in [1.82, 2.24) is 19.5 Å². The molecule has 0 amide bonds. The lowest BCUT2D eigenvalue weighted by molar-refractivity contribution is -0.150. The fourth-order valence-electron chi connectivity index (χ4n) is 3.30. The maximum absolute atomic E-state index is 13.5. The molecule has 31 heavy (non-hydrogen) atoms. The molecule has 9 heteroatoms. The number of unbranched alkanes of at least 4 members (excludes halogenated alkanes) is 6. The average Bonchev–Trinajstić information content (AvgIpc) is 3.17. The second-order valence-electron chi connectivity index (χ2n) is 7.61. The minimum Gasteiger partial charge on any atom is -0.462 e. The number of nitrogen functional groups attached to an aromatic ring is 1. The lowest BCUT2D eigenvalue weighted by Gasteiger charge is -2.26. The predicted octanol–water partition coefficient (Wildman–Crippen LogP) is 3.64. The Morgan fingerprint density at radius 3 is 2.65 bits per heavy atom. The smallest absolute Gasteiger partial charge is 0.312 e. The summed E-state index contributed by atoms with van der Waals surface area (Å²) in [7, 11) is 1.47. The number of imidazole rings is 1. The summed E-state index contributed by atoms with van der Waals surface area (Å²) < 4.78 is 26.0. The molecule has 2 heterocycles. The van der Waals surface area contributed by atoms with Crippen molar-refractivity contribution < 1.29 is 18.7 Å². The summed E-state index contributed by atoms with van der Waals surface area (Å²) in [5, 5.41) is 0. The topological polar surface area (TPSA) is 105 Å². The number of fused-ring (bicyclic) bond motifs is 1. The first-order chi connectivity index (χ1) is 14.9. The van der Waals surface area contributed by atoms with Crippen LogP contribution in [0.5, 0.6) is 0 Å². The molecule has 2 N–H and O–H groups in total. The minimum absolute atomic E-state index is 0.0319. The van der Waals surface area contributed by atoms with Crippen LogP contribution in [-0.2, 0) is 20.8 Å². The molecule has 2 aromatic rings. The van der Waals surface area contributed by atoms with Gasteiger partial charge in [0.05, 0.1) is 6.33 Å². The van der Waals surface area contributed by atoms with E-state index in [1.54, 1.807) is 4.57 Å². The maximum atomic E-state index is 13.5. The van der Waals surface area contributed by atoms with E-state index < -0.39 is 11.7 Å². The SMILES string of the molecule is C#C[C@](CCn1cnc2c(N)nc(F)nc21)(COC(=O)CCCCCCCCC)OC. The fraction of sp³-hybridized carbons (Fsp3) is 0.636. The van der Waals surface area contributed by atoms with Gasteiger partial charge in [0, 0.05) is 26.5 Å². The lowest BCUT2D eigenvalue weighted by Crippen LogP contribution is -2.37. The summed E-state index contributed by atoms with van der Waals surface area (Å²) in [6, 6.07) is 0. The quantitative estimate of drug-likeness (QED) is 0.210. The zero-order chi connectivity index (χ0) is 22.7. The van der Waals surface area contributed by atoms with E-state index >= 15 is 0 Å². The number of esters is 1. The highest BCUT2D eigenvalue weighted by molar-refractivity contribution is 5.81. The Hall–Kier alpha value is -2.73. The van der Waals surface area contributed by atoms with Crippen LogP contribution in [0.25, 0.3) is 11.2 Å². The highest BCUT2D eigenvalue weighted by Crippen LogP contribution is 2.21. The molecule has 0 spiro atoms. The Balaban J connectivity index is 1.84. The third-order valence-electron chi connectivity index (χ3n) is 5.32. The fourth-order valence-corrected chi connectivity index (χ4v) is 3.30. The van der Waals surface area contributed by atoms with Crippen LogP contribution >= 0.6 is 0 Å². The van der Waals surface area contributed by atoms with Gasteiger partial charge in [-0.2, -0.15) is 14.4 Å². The van der Waals surface area contributed by atoms with Crippen molar-refractivity contribution in [3.63, 3.8) is 0 Å². The number of terminal acetylenes is 1. The number of nitrogens with zero attached hydrogens (tertiary/aromatic N) is 4. The molecule has 0 radical (unpaired) electrons. The molecule has 8 nitrogen and oxygen atoms in total. The van der Waals surface area contributed by atoms with Gasteiger partial charge in [0.25, 0.3) is 0 Å². The number of nitrogens with two attached hydrogens (primary N) is 1. The van der Waals surface area contributed by atoms with Crippen molar-refractivity contribution >= 4 is 23.0 Å². The number of anilines is 1. The van der Waals surface area contributed by atoms with E-state index in [4.69, 9.17) is 21.6 Å². The van der Waals surface area contributed by atoms with Gasteiger partial charge in [0.15, 0.2) is 17.1 Å². The van der Waals surface area contributed by atoms with Crippen LogP contribution in [-0.4, -0.2) is 44.8 Å². The van der Waals surface area contributed by atoms with E-state index in [0.29, 0.717) is 24.9 Å². The number of carbonyl (C=O) groups excluding carboxylic acids is 1. The van der Waals surface area contributed by atoms with Crippen molar-refractivity contribution in [2.75, 3.05) is 19.5 Å². The van der Waals surface area contributed by atoms with Crippen molar-refractivity contribution in [3.05, 3.63) is 12.4 Å². The second kappa shape index (κ2) is 12.2. The summed E-state index contributed by atoms with van der Waals surface area (Å²) >= 11 is 0. The molecule has 170 valence electrons. The van der Waals surface area contributed by atoms with Gasteiger partial charge in [-0.05, 0) is 6.42 Å². The normalized spacial score (nSPS) is 13.1. The third kappa shape index (κ3) is 7.17. The number of aryl methyl sites for hydroxylation is 1. The molecular formula is C22H32FN5O3. The molecule has 0 unspecified atom stereocenters. The molecule has 0 aliphatic rings. The molecule has 0 aliphatic carbocycles. The molecule has 1 atom stereocenters. The van der Waals surface area contributed by atoms with Crippen LogP contribution in [0.4, 0.5) is 10.2 Å². The van der Waals surface area contributed by atoms with Gasteiger partial charge in [-0.15, -0.1) is 6.42 Å². The monoisotopic (exact) mass is 433 g/mol. The van der Waals surface area contributed by atoms with E-state index in [0.717, 1.165) is 19.3 Å². The second-order valence-corrected chi connectivity index (χ2v) is 7.61. The molecule has 0 saturated heterocycles. The Kier molecular flexibility index (Phi) is 9.66. The summed E-state index contributed by atoms with van der Waals surface area (Å²) in [4.78, 5) is 23.4. The van der Waals surface area contributed by atoms with Gasteiger partial charge in [-0.25, -0.2) is 4.98 Å². The van der Waals surface area contributed by atoms with Crippen LogP contribution in [0.15, 0.2) is 6.33 Å². The Labute approximate surface area is 182 Å². The summed E-state index contributed by atoms with van der Waals surface area (Å²) in [6.45, 7) is 2.45. The first-order valence-electron chi connectivity index (χ1n) is 10.8. The van der Waals surface area contributed by atoms with Crippen LogP contribution < -0.4 is 5.73 Å². The van der Waals surface area contributed by atoms with E-state index in [1.807, 2.05) is 0 Å². The largest absolute Gasteiger partial charge is 0.462 e. The number of aromatic nitrogens is 4. The molecule has 2 rings (SSSR count). The van der Waals surface area contributed by atoms with Gasteiger partial charge in [0.1, 0.15) is 12.1 Å². The van der Waals surface area contributed by atoms with E-state index in [-0.39, 0.29) is 24.0 Å². The summed E-state index contributed by atoms with van der Waals surface area (Å²) in [5.41, 5.74) is 5.15. The van der Waals surface area contributed by atoms with Crippen LogP contribution in [0.1, 0.15) is 64.7 Å². The third-order valence-corrected chi connectivity index (χ3v) is 5.32. The molecular weight excluding hydrogens is 401 g/mol. The van der Waals surface area contributed by atoms with E-state index in [2.05, 4.69) is 27.8 Å². The standard InChI is InChI=1S/C22H32FN5O3/c1-4-6-7-8-9-10-11-12-17(29)31-15-22(5-2,30-3)13-14-28-16-25-18-19(24)26-21(23)27-20(18)28/h2,16H,4,6-15H2,1,3H3,(H2,24,26,27)/t22-/m0/s1. The van der Waals surface area contributed by atoms with Gasteiger partial charge in [-0.3, -0.25) is 4.79 Å². The first-order valence-corrected chi connectivity index (χ1v) is 10.8. The molecule has 0 saturated carbocycles. The number of hydrogen-bond donors (Lipinski definition) is 1. The number of methoxy groups -OCH3 is 1. The lowest BCUT2D eigenvalue weighted by atomic mass is 10.0. The van der Waals surface area contributed by atoms with Crippen molar-refractivity contribution in [2.24, 2.45) is 0 Å². The average molecular weight is 434 g/mol. The van der Waals surface area contributed by atoms with Crippen LogP contribution in [0.2, 0.25) is 0 Å². The van der Waals surface area contributed by atoms with Crippen molar-refractivity contribution in [2.45, 2.75) is 76.9 Å².